The van der Waals surface area contributed by atoms with Crippen LogP contribution in [0, 0.1) is 6.92 Å². The molecule has 6 heteroatoms. The Hall–Kier alpha value is 0.0700. The van der Waals surface area contributed by atoms with Crippen molar-refractivity contribution in [2.75, 3.05) is 19.3 Å². The molecule has 73 valence electrons. The third kappa shape index (κ3) is 8.17. The minimum atomic E-state index is -4.08. The first-order valence-corrected chi connectivity index (χ1v) is 5.48. The molecule has 0 aromatic heterocycles. The van der Waals surface area contributed by atoms with Gasteiger partial charge in [0.25, 0.3) is 0 Å². The average molecular weight is 196 g/mol. The molecule has 0 aliphatic rings. The average Bonchev–Trinajstić information content (AvgIpc) is 1.84. The maximum atomic E-state index is 10.4. The van der Waals surface area contributed by atoms with Gasteiger partial charge in [-0.15, -0.1) is 0 Å². The number of hydrogen-bond donors (Lipinski definition) is 4. The number of aliphatic hydroxyl groups is 1. The molecular weight excluding hydrogens is 181 g/mol. The van der Waals surface area contributed by atoms with Crippen LogP contribution < -0.4 is 5.32 Å². The summed E-state index contributed by atoms with van der Waals surface area (Å²) in [5, 5.41) is 11.8. The van der Waals surface area contributed by atoms with Crippen LogP contribution in [0.25, 0.3) is 0 Å². The fourth-order valence-electron chi connectivity index (χ4n) is 0.733. The van der Waals surface area contributed by atoms with E-state index in [0.29, 0.717) is 13.0 Å². The summed E-state index contributed by atoms with van der Waals surface area (Å²) in [7, 11) is -4.08. The lowest BCUT2D eigenvalue weighted by molar-refractivity contribution is 0.186. The van der Waals surface area contributed by atoms with Crippen LogP contribution in [0.3, 0.4) is 0 Å². The molecule has 5 nitrogen and oxygen atoms in total. The fraction of sp³-hybridized carbons (Fsp3) is 0.833. The zero-order valence-electron chi connectivity index (χ0n) is 6.81. The van der Waals surface area contributed by atoms with E-state index in [9.17, 15) is 4.57 Å². The number of rotatable bonds is 6. The Morgan fingerprint density at radius 3 is 2.50 bits per heavy atom. The Morgan fingerprint density at radius 1 is 1.50 bits per heavy atom. The predicted molar refractivity (Wildman–Crippen MR) is 45.8 cm³/mol. The molecule has 12 heavy (non-hydrogen) atoms. The van der Waals surface area contributed by atoms with Gasteiger partial charge in [-0.05, 0) is 13.0 Å². The molecule has 1 radical (unpaired) electrons. The normalized spacial score (nSPS) is 14.7. The van der Waals surface area contributed by atoms with E-state index in [0.717, 1.165) is 0 Å². The molecule has 0 saturated heterocycles. The highest BCUT2D eigenvalue weighted by molar-refractivity contribution is 7.51. The highest BCUT2D eigenvalue weighted by Crippen LogP contribution is 2.34. The molecule has 0 amide bonds. The molecule has 4 N–H and O–H groups in total. The van der Waals surface area contributed by atoms with Gasteiger partial charge < -0.3 is 20.2 Å². The lowest BCUT2D eigenvalue weighted by Crippen LogP contribution is -2.29. The molecule has 0 fully saturated rings. The third-order valence-electron chi connectivity index (χ3n) is 1.18. The van der Waals surface area contributed by atoms with Gasteiger partial charge in [0.1, 0.15) is 0 Å². The topological polar surface area (TPSA) is 89.8 Å². The minimum Gasteiger partial charge on any atom is -0.391 e. The van der Waals surface area contributed by atoms with E-state index in [1.165, 1.54) is 0 Å². The minimum absolute atomic E-state index is 0.195. The van der Waals surface area contributed by atoms with Crippen LogP contribution in [0.5, 0.6) is 0 Å². The Kier molecular flexibility index (Phi) is 5.70. The summed E-state index contributed by atoms with van der Waals surface area (Å²) in [6, 6.07) is 0. The molecule has 0 heterocycles. The summed E-state index contributed by atoms with van der Waals surface area (Å²) in [6.45, 7) is 4.39. The third-order valence-corrected chi connectivity index (χ3v) is 2.08. The van der Waals surface area contributed by atoms with Crippen molar-refractivity contribution < 1.29 is 19.5 Å². The second-order valence-electron chi connectivity index (χ2n) is 2.56. The maximum Gasteiger partial charge on any atom is 0.328 e. The molecule has 0 bridgehead atoms. The lowest BCUT2D eigenvalue weighted by atomic mass is 10.4. The van der Waals surface area contributed by atoms with Gasteiger partial charge in [-0.25, -0.2) is 0 Å². The van der Waals surface area contributed by atoms with E-state index >= 15 is 0 Å². The molecule has 0 spiro atoms. The van der Waals surface area contributed by atoms with E-state index in [1.54, 1.807) is 0 Å². The summed E-state index contributed by atoms with van der Waals surface area (Å²) in [5.74, 6) is 0. The van der Waals surface area contributed by atoms with Crippen LogP contribution in [0.2, 0.25) is 0 Å². The lowest BCUT2D eigenvalue weighted by Gasteiger charge is -2.11. The summed E-state index contributed by atoms with van der Waals surface area (Å²) < 4.78 is 10.4. The summed E-state index contributed by atoms with van der Waals surface area (Å²) in [6.07, 6.45) is -0.794. The molecule has 0 aromatic carbocycles. The molecule has 0 rings (SSSR count). The number of aliphatic hydroxyl groups excluding tert-OH is 1. The van der Waals surface area contributed by atoms with Crippen LogP contribution in [0.15, 0.2) is 0 Å². The van der Waals surface area contributed by atoms with Crippen molar-refractivity contribution in [3.05, 3.63) is 6.92 Å². The van der Waals surface area contributed by atoms with Crippen molar-refractivity contribution in [3.63, 3.8) is 0 Å². The van der Waals surface area contributed by atoms with E-state index in [4.69, 9.17) is 14.9 Å². The maximum absolute atomic E-state index is 10.4. The molecular formula is C6H15NO4P. The van der Waals surface area contributed by atoms with Gasteiger partial charge in [0.15, 0.2) is 0 Å². The molecule has 0 aromatic rings. The summed E-state index contributed by atoms with van der Waals surface area (Å²) >= 11 is 0. The van der Waals surface area contributed by atoms with E-state index in [-0.39, 0.29) is 6.54 Å². The van der Waals surface area contributed by atoms with Gasteiger partial charge >= 0.3 is 7.60 Å². The zero-order chi connectivity index (χ0) is 9.61. The summed E-state index contributed by atoms with van der Waals surface area (Å²) in [4.78, 5) is 16.9. The summed E-state index contributed by atoms with van der Waals surface area (Å²) in [5.41, 5.74) is 0. The highest BCUT2D eigenvalue weighted by Gasteiger charge is 2.18. The standard InChI is InChI=1S/C6H15NO4P/c1-2-3-7-4-6(8)5-12(9,10)11/h6-8H,1-5H2,(H2,9,10,11). The first-order valence-electron chi connectivity index (χ1n) is 3.68. The van der Waals surface area contributed by atoms with Crippen LogP contribution >= 0.6 is 7.60 Å². The quantitative estimate of drug-likeness (QED) is 0.334. The highest BCUT2D eigenvalue weighted by atomic mass is 31.2. The Labute approximate surface area is 72.0 Å². The van der Waals surface area contributed by atoms with Crippen molar-refractivity contribution in [2.24, 2.45) is 0 Å². The first kappa shape index (κ1) is 12.1. The van der Waals surface area contributed by atoms with E-state index in [1.807, 2.05) is 0 Å². The zero-order valence-corrected chi connectivity index (χ0v) is 7.70. The molecule has 1 atom stereocenters. The Morgan fingerprint density at radius 2 is 2.08 bits per heavy atom. The number of hydrogen-bond acceptors (Lipinski definition) is 3. The van der Waals surface area contributed by atoms with Gasteiger partial charge in [0, 0.05) is 6.54 Å². The van der Waals surface area contributed by atoms with Crippen LogP contribution in [0.4, 0.5) is 0 Å². The molecule has 0 aliphatic heterocycles. The smallest absolute Gasteiger partial charge is 0.328 e. The van der Waals surface area contributed by atoms with Crippen molar-refractivity contribution in [1.82, 2.24) is 5.32 Å². The van der Waals surface area contributed by atoms with Gasteiger partial charge in [0.05, 0.1) is 12.3 Å². The van der Waals surface area contributed by atoms with Gasteiger partial charge in [-0.3, -0.25) is 4.57 Å². The monoisotopic (exact) mass is 196 g/mol. The Balaban J connectivity index is 3.46. The van der Waals surface area contributed by atoms with Gasteiger partial charge in [-0.2, -0.15) is 0 Å². The van der Waals surface area contributed by atoms with Crippen LogP contribution in [-0.2, 0) is 4.57 Å². The van der Waals surface area contributed by atoms with Crippen LogP contribution in [-0.4, -0.2) is 40.2 Å². The van der Waals surface area contributed by atoms with Gasteiger partial charge in [-0.1, -0.05) is 6.92 Å². The second kappa shape index (κ2) is 5.67. The van der Waals surface area contributed by atoms with Crippen molar-refractivity contribution in [3.8, 4) is 0 Å². The largest absolute Gasteiger partial charge is 0.391 e. The molecule has 1 unspecified atom stereocenters. The van der Waals surface area contributed by atoms with Crippen molar-refractivity contribution in [2.45, 2.75) is 12.5 Å². The SMILES string of the molecule is [CH2]CCNCC(O)CP(=O)(O)O. The number of nitrogens with one attached hydrogen (secondary N) is 1. The van der Waals surface area contributed by atoms with E-state index < -0.39 is 19.9 Å². The first-order chi connectivity index (χ1) is 5.45. The predicted octanol–water partition coefficient (Wildman–Crippen LogP) is -0.661. The Bertz CT molecular complexity index is 158. The van der Waals surface area contributed by atoms with Crippen LogP contribution in [0.1, 0.15) is 6.42 Å². The van der Waals surface area contributed by atoms with Gasteiger partial charge in [0.2, 0.25) is 0 Å². The molecule has 0 aliphatic carbocycles. The van der Waals surface area contributed by atoms with E-state index in [2.05, 4.69) is 12.2 Å². The fourth-order valence-corrected chi connectivity index (χ4v) is 1.41. The van der Waals surface area contributed by atoms with Crippen molar-refractivity contribution in [1.29, 1.82) is 0 Å². The molecule has 0 saturated carbocycles. The second-order valence-corrected chi connectivity index (χ2v) is 4.25. The van der Waals surface area contributed by atoms with Crippen molar-refractivity contribution >= 4 is 7.60 Å².